The molecule has 1 unspecified atom stereocenters. The molecule has 138 valence electrons. The van der Waals surface area contributed by atoms with Crippen LogP contribution in [0.4, 0.5) is 5.69 Å². The van der Waals surface area contributed by atoms with Gasteiger partial charge in [0.25, 0.3) is 0 Å². The Kier molecular flexibility index (Phi) is 4.99. The van der Waals surface area contributed by atoms with Crippen molar-refractivity contribution in [2.24, 2.45) is 0 Å². The fourth-order valence-corrected chi connectivity index (χ4v) is 3.15. The summed E-state index contributed by atoms with van der Waals surface area (Å²) >= 11 is 0. The average molecular weight is 374 g/mol. The van der Waals surface area contributed by atoms with E-state index in [1.54, 1.807) is 0 Å². The van der Waals surface area contributed by atoms with E-state index in [2.05, 4.69) is 57.3 Å². The zero-order chi connectivity index (χ0) is 17.7. The Labute approximate surface area is 161 Å². The van der Waals surface area contributed by atoms with Crippen LogP contribution in [-0.4, -0.2) is 24.9 Å². The lowest BCUT2D eigenvalue weighted by molar-refractivity contribution is 0.00578. The maximum Gasteiger partial charge on any atom is 0.494 e. The fourth-order valence-electron chi connectivity index (χ4n) is 3.15. The van der Waals surface area contributed by atoms with Gasteiger partial charge in [0, 0.05) is 0 Å². The molecule has 0 bridgehead atoms. The van der Waals surface area contributed by atoms with E-state index in [-0.39, 0.29) is 36.8 Å². The Morgan fingerprint density at radius 1 is 0.923 bits per heavy atom. The van der Waals surface area contributed by atoms with Crippen molar-refractivity contribution >= 4 is 30.7 Å². The molecule has 0 aromatic heterocycles. The van der Waals surface area contributed by atoms with Crippen LogP contribution in [0, 0.1) is 0 Å². The molecule has 4 nitrogen and oxygen atoms in total. The second-order valence-corrected chi connectivity index (χ2v) is 7.74. The molecule has 1 atom stereocenters. The third kappa shape index (κ3) is 3.31. The van der Waals surface area contributed by atoms with Gasteiger partial charge in [0.1, 0.15) is 11.9 Å². The standard InChI is InChI=1S/C20H24BNO3.ClH/c1-19(2)20(3,4)25-21(24-19)15-11-9-14(10-12-15)18-13-22-16-7-5-6-8-17(16)23-18;/h5-12,18,22H,13H2,1-4H3;1H. The predicted molar refractivity (Wildman–Crippen MR) is 108 cm³/mol. The van der Waals surface area contributed by atoms with E-state index >= 15 is 0 Å². The van der Waals surface area contributed by atoms with Gasteiger partial charge in [-0.2, -0.15) is 0 Å². The topological polar surface area (TPSA) is 39.7 Å². The maximum atomic E-state index is 6.12. The predicted octanol–water partition coefficient (Wildman–Crippen LogP) is 3.95. The largest absolute Gasteiger partial charge is 0.494 e. The van der Waals surface area contributed by atoms with E-state index < -0.39 is 0 Å². The minimum absolute atomic E-state index is 0. The Balaban J connectivity index is 0.00000196. The Bertz CT molecular complexity index is 763. The first kappa shape index (κ1) is 19.1. The second-order valence-electron chi connectivity index (χ2n) is 7.74. The highest BCUT2D eigenvalue weighted by Crippen LogP contribution is 2.37. The normalized spacial score (nSPS) is 22.6. The van der Waals surface area contributed by atoms with Gasteiger partial charge in [-0.15, -0.1) is 12.4 Å². The van der Waals surface area contributed by atoms with Crippen LogP contribution < -0.4 is 15.5 Å². The van der Waals surface area contributed by atoms with Crippen LogP contribution in [0.5, 0.6) is 5.75 Å². The third-order valence-electron chi connectivity index (χ3n) is 5.47. The summed E-state index contributed by atoms with van der Waals surface area (Å²) in [5, 5.41) is 3.43. The number of ether oxygens (including phenoxy) is 1. The van der Waals surface area contributed by atoms with Crippen LogP contribution in [0.2, 0.25) is 0 Å². The average Bonchev–Trinajstić information content (AvgIpc) is 2.82. The van der Waals surface area contributed by atoms with E-state index in [1.807, 2.05) is 24.3 Å². The van der Waals surface area contributed by atoms with Crippen molar-refractivity contribution < 1.29 is 14.0 Å². The lowest BCUT2D eigenvalue weighted by atomic mass is 9.78. The molecule has 2 heterocycles. The molecule has 2 aliphatic heterocycles. The third-order valence-corrected chi connectivity index (χ3v) is 5.47. The molecule has 0 aliphatic carbocycles. The Hall–Kier alpha value is -1.69. The van der Waals surface area contributed by atoms with Crippen LogP contribution in [0.25, 0.3) is 0 Å². The molecule has 6 heteroatoms. The van der Waals surface area contributed by atoms with Crippen molar-refractivity contribution in [1.29, 1.82) is 0 Å². The van der Waals surface area contributed by atoms with Gasteiger partial charge in [-0.3, -0.25) is 0 Å². The summed E-state index contributed by atoms with van der Waals surface area (Å²) in [6.07, 6.45) is 0.00208. The van der Waals surface area contributed by atoms with Crippen molar-refractivity contribution in [3.05, 3.63) is 54.1 Å². The molecule has 1 saturated heterocycles. The van der Waals surface area contributed by atoms with Crippen molar-refractivity contribution in [3.8, 4) is 5.75 Å². The molecule has 2 aliphatic rings. The number of anilines is 1. The molecular weight excluding hydrogens is 348 g/mol. The number of hydrogen-bond acceptors (Lipinski definition) is 4. The summed E-state index contributed by atoms with van der Waals surface area (Å²) in [5.74, 6) is 0.897. The molecule has 0 saturated carbocycles. The highest BCUT2D eigenvalue weighted by Gasteiger charge is 2.51. The van der Waals surface area contributed by atoms with E-state index in [0.29, 0.717) is 0 Å². The summed E-state index contributed by atoms with van der Waals surface area (Å²) < 4.78 is 18.4. The van der Waals surface area contributed by atoms with Crippen molar-refractivity contribution in [2.45, 2.75) is 45.0 Å². The lowest BCUT2D eigenvalue weighted by Gasteiger charge is -2.32. The van der Waals surface area contributed by atoms with Crippen LogP contribution in [0.15, 0.2) is 48.5 Å². The molecule has 1 fully saturated rings. The molecule has 2 aromatic rings. The lowest BCUT2D eigenvalue weighted by Crippen LogP contribution is -2.41. The van der Waals surface area contributed by atoms with Gasteiger partial charge >= 0.3 is 7.12 Å². The number of benzene rings is 2. The van der Waals surface area contributed by atoms with Crippen molar-refractivity contribution in [3.63, 3.8) is 0 Å². The van der Waals surface area contributed by atoms with Crippen LogP contribution in [0.3, 0.4) is 0 Å². The van der Waals surface area contributed by atoms with Crippen LogP contribution >= 0.6 is 12.4 Å². The summed E-state index contributed by atoms with van der Waals surface area (Å²) in [5.41, 5.74) is 2.58. The van der Waals surface area contributed by atoms with Gasteiger partial charge in [0.05, 0.1) is 23.4 Å². The molecule has 26 heavy (non-hydrogen) atoms. The molecule has 1 N–H and O–H groups in total. The van der Waals surface area contributed by atoms with E-state index in [1.165, 1.54) is 0 Å². The van der Waals surface area contributed by atoms with Gasteiger partial charge < -0.3 is 19.4 Å². The fraction of sp³-hybridized carbons (Fsp3) is 0.400. The summed E-state index contributed by atoms with van der Waals surface area (Å²) in [6, 6.07) is 16.4. The number of fused-ring (bicyclic) bond motifs is 1. The zero-order valence-electron chi connectivity index (χ0n) is 15.6. The summed E-state index contributed by atoms with van der Waals surface area (Å²) in [4.78, 5) is 0. The van der Waals surface area contributed by atoms with Gasteiger partial charge in [0.2, 0.25) is 0 Å². The number of hydrogen-bond donors (Lipinski definition) is 1. The number of rotatable bonds is 2. The Morgan fingerprint density at radius 3 is 2.19 bits per heavy atom. The van der Waals surface area contributed by atoms with Crippen LogP contribution in [-0.2, 0) is 9.31 Å². The Morgan fingerprint density at radius 2 is 1.54 bits per heavy atom. The van der Waals surface area contributed by atoms with E-state index in [0.717, 1.165) is 29.0 Å². The van der Waals surface area contributed by atoms with Crippen molar-refractivity contribution in [1.82, 2.24) is 0 Å². The molecule has 0 radical (unpaired) electrons. The molecule has 0 amide bonds. The SMILES string of the molecule is CC1(C)OB(c2ccc(C3CNc4ccccc4O3)cc2)OC1(C)C.Cl. The number of para-hydroxylation sites is 2. The smallest absolute Gasteiger partial charge is 0.482 e. The zero-order valence-corrected chi connectivity index (χ0v) is 16.4. The first-order chi connectivity index (χ1) is 11.9. The van der Waals surface area contributed by atoms with E-state index in [9.17, 15) is 0 Å². The van der Waals surface area contributed by atoms with E-state index in [4.69, 9.17) is 14.0 Å². The van der Waals surface area contributed by atoms with Gasteiger partial charge in [-0.25, -0.2) is 0 Å². The number of nitrogens with one attached hydrogen (secondary N) is 1. The summed E-state index contributed by atoms with van der Waals surface area (Å²) in [6.45, 7) is 9.04. The minimum atomic E-state index is -0.329. The molecular formula is C20H25BClNO3. The first-order valence-corrected chi connectivity index (χ1v) is 8.81. The molecule has 4 rings (SSSR count). The molecule has 2 aromatic carbocycles. The monoisotopic (exact) mass is 373 g/mol. The number of halogens is 1. The second kappa shape index (κ2) is 6.80. The highest BCUT2D eigenvalue weighted by molar-refractivity contribution is 6.62. The van der Waals surface area contributed by atoms with Crippen molar-refractivity contribution in [2.75, 3.05) is 11.9 Å². The minimum Gasteiger partial charge on any atom is -0.482 e. The maximum absolute atomic E-state index is 6.12. The van der Waals surface area contributed by atoms with Crippen LogP contribution in [0.1, 0.15) is 39.4 Å². The van der Waals surface area contributed by atoms with Gasteiger partial charge in [0.15, 0.2) is 0 Å². The highest BCUT2D eigenvalue weighted by atomic mass is 35.5. The van der Waals surface area contributed by atoms with Gasteiger partial charge in [-0.05, 0) is 50.9 Å². The summed E-state index contributed by atoms with van der Waals surface area (Å²) in [7, 11) is -0.329. The quantitative estimate of drug-likeness (QED) is 0.809. The first-order valence-electron chi connectivity index (χ1n) is 8.81. The molecule has 0 spiro atoms. The van der Waals surface area contributed by atoms with Gasteiger partial charge in [-0.1, -0.05) is 36.4 Å².